The average molecular weight is 258 g/mol. The summed E-state index contributed by atoms with van der Waals surface area (Å²) in [5.74, 6) is -0.577. The van der Waals surface area contributed by atoms with Crippen LogP contribution in [0.4, 0.5) is 4.79 Å². The number of esters is 1. The van der Waals surface area contributed by atoms with E-state index in [9.17, 15) is 9.59 Å². The molecule has 1 aliphatic rings. The van der Waals surface area contributed by atoms with Gasteiger partial charge in [-0.25, -0.2) is 4.79 Å². The molecule has 1 aliphatic carbocycles. The molecule has 104 valence electrons. The molecule has 0 aromatic heterocycles. The van der Waals surface area contributed by atoms with E-state index in [4.69, 9.17) is 14.2 Å². The van der Waals surface area contributed by atoms with E-state index in [-0.39, 0.29) is 12.0 Å². The molecule has 1 atom stereocenters. The Hall–Kier alpha value is -1.26. The molecular formula is C13H22O5. The molecule has 1 saturated carbocycles. The van der Waals surface area contributed by atoms with Gasteiger partial charge >= 0.3 is 12.1 Å². The van der Waals surface area contributed by atoms with Crippen molar-refractivity contribution in [2.75, 3.05) is 0 Å². The van der Waals surface area contributed by atoms with Crippen molar-refractivity contribution in [3.05, 3.63) is 0 Å². The minimum atomic E-state index is -0.876. The van der Waals surface area contributed by atoms with Gasteiger partial charge in [-0.2, -0.15) is 0 Å². The molecule has 5 nitrogen and oxygen atoms in total. The van der Waals surface area contributed by atoms with Crippen molar-refractivity contribution in [3.63, 3.8) is 0 Å². The van der Waals surface area contributed by atoms with E-state index in [0.29, 0.717) is 0 Å². The average Bonchev–Trinajstić information content (AvgIpc) is 2.28. The molecule has 5 heteroatoms. The lowest BCUT2D eigenvalue weighted by Crippen LogP contribution is -2.31. The normalized spacial score (nSPS) is 18.2. The standard InChI is InChI=1S/C13H22O5/c1-9(2)12(16-10(3)14)18-13(15)17-11-7-5-4-6-8-11/h9,11-12H,4-8H2,1-3H3. The molecule has 0 heterocycles. The first-order valence-electron chi connectivity index (χ1n) is 6.53. The fourth-order valence-electron chi connectivity index (χ4n) is 1.90. The van der Waals surface area contributed by atoms with Gasteiger partial charge in [-0.15, -0.1) is 0 Å². The van der Waals surface area contributed by atoms with Gasteiger partial charge < -0.3 is 14.2 Å². The molecule has 0 aliphatic heterocycles. The molecule has 0 spiro atoms. The fourth-order valence-corrected chi connectivity index (χ4v) is 1.90. The molecule has 0 bridgehead atoms. The molecule has 1 rings (SSSR count). The highest BCUT2D eigenvalue weighted by Crippen LogP contribution is 2.21. The first-order valence-corrected chi connectivity index (χ1v) is 6.53. The highest BCUT2D eigenvalue weighted by Gasteiger charge is 2.25. The lowest BCUT2D eigenvalue weighted by atomic mass is 9.98. The predicted octanol–water partition coefficient (Wildman–Crippen LogP) is 3.02. The summed E-state index contributed by atoms with van der Waals surface area (Å²) in [6, 6.07) is 0. The third-order valence-corrected chi connectivity index (χ3v) is 2.85. The Balaban J connectivity index is 2.37. The van der Waals surface area contributed by atoms with Gasteiger partial charge in [-0.3, -0.25) is 4.79 Å². The Bertz CT molecular complexity index is 281. The number of hydrogen-bond acceptors (Lipinski definition) is 5. The van der Waals surface area contributed by atoms with Crippen LogP contribution in [0.2, 0.25) is 0 Å². The van der Waals surface area contributed by atoms with Crippen LogP contribution in [0.3, 0.4) is 0 Å². The third-order valence-electron chi connectivity index (χ3n) is 2.85. The number of carbonyl (C=O) groups excluding carboxylic acids is 2. The highest BCUT2D eigenvalue weighted by molar-refractivity contribution is 5.66. The molecule has 1 unspecified atom stereocenters. The molecule has 1 fully saturated rings. The number of carbonyl (C=O) groups is 2. The Morgan fingerprint density at radius 3 is 2.17 bits per heavy atom. The van der Waals surface area contributed by atoms with Gasteiger partial charge in [0.2, 0.25) is 0 Å². The zero-order valence-electron chi connectivity index (χ0n) is 11.3. The van der Waals surface area contributed by atoms with Gasteiger partial charge in [-0.05, 0) is 25.7 Å². The molecule has 0 aromatic rings. The summed E-state index contributed by atoms with van der Waals surface area (Å²) >= 11 is 0. The second kappa shape index (κ2) is 7.24. The maximum atomic E-state index is 11.6. The molecule has 18 heavy (non-hydrogen) atoms. The third kappa shape index (κ3) is 5.38. The van der Waals surface area contributed by atoms with E-state index in [1.807, 2.05) is 13.8 Å². The Morgan fingerprint density at radius 2 is 1.67 bits per heavy atom. The van der Waals surface area contributed by atoms with Crippen LogP contribution in [0.25, 0.3) is 0 Å². The fraction of sp³-hybridized carbons (Fsp3) is 0.846. The molecule has 0 aromatic carbocycles. The lowest BCUT2D eigenvalue weighted by molar-refractivity contribution is -0.178. The second-order valence-corrected chi connectivity index (χ2v) is 4.97. The first-order chi connectivity index (χ1) is 8.49. The van der Waals surface area contributed by atoms with Crippen LogP contribution in [0.15, 0.2) is 0 Å². The number of hydrogen-bond donors (Lipinski definition) is 0. The summed E-state index contributed by atoms with van der Waals surface area (Å²) in [5, 5.41) is 0. The largest absolute Gasteiger partial charge is 0.511 e. The first kappa shape index (κ1) is 14.8. The molecule has 0 saturated heterocycles. The van der Waals surface area contributed by atoms with Crippen molar-refractivity contribution in [1.82, 2.24) is 0 Å². The smallest absolute Gasteiger partial charge is 0.431 e. The van der Waals surface area contributed by atoms with Crippen molar-refractivity contribution in [2.45, 2.75) is 65.3 Å². The lowest BCUT2D eigenvalue weighted by Gasteiger charge is -2.24. The van der Waals surface area contributed by atoms with E-state index in [0.717, 1.165) is 25.7 Å². The summed E-state index contributed by atoms with van der Waals surface area (Å²) in [5.41, 5.74) is 0. The topological polar surface area (TPSA) is 61.8 Å². The van der Waals surface area contributed by atoms with Crippen LogP contribution < -0.4 is 0 Å². The van der Waals surface area contributed by atoms with Crippen LogP contribution in [0.5, 0.6) is 0 Å². The van der Waals surface area contributed by atoms with Crippen LogP contribution >= 0.6 is 0 Å². The van der Waals surface area contributed by atoms with E-state index >= 15 is 0 Å². The zero-order valence-corrected chi connectivity index (χ0v) is 11.3. The van der Waals surface area contributed by atoms with Crippen LogP contribution in [0.1, 0.15) is 52.9 Å². The molecule has 0 N–H and O–H groups in total. The Morgan fingerprint density at radius 1 is 1.06 bits per heavy atom. The van der Waals surface area contributed by atoms with Gasteiger partial charge in [-0.1, -0.05) is 20.3 Å². The maximum absolute atomic E-state index is 11.6. The summed E-state index contributed by atoms with van der Waals surface area (Å²) < 4.78 is 15.1. The highest BCUT2D eigenvalue weighted by atomic mass is 16.8. The van der Waals surface area contributed by atoms with Gasteiger partial charge in [0.15, 0.2) is 0 Å². The number of rotatable bonds is 4. The SMILES string of the molecule is CC(=O)OC(OC(=O)OC1CCCCC1)C(C)C. The van der Waals surface area contributed by atoms with E-state index < -0.39 is 18.4 Å². The van der Waals surface area contributed by atoms with Crippen molar-refractivity contribution < 1.29 is 23.8 Å². The Labute approximate surface area is 108 Å². The maximum Gasteiger partial charge on any atom is 0.511 e. The van der Waals surface area contributed by atoms with E-state index in [2.05, 4.69) is 0 Å². The predicted molar refractivity (Wildman–Crippen MR) is 64.8 cm³/mol. The van der Waals surface area contributed by atoms with E-state index in [1.165, 1.54) is 13.3 Å². The second-order valence-electron chi connectivity index (χ2n) is 4.97. The summed E-state index contributed by atoms with van der Waals surface area (Å²) in [7, 11) is 0. The van der Waals surface area contributed by atoms with E-state index in [1.54, 1.807) is 0 Å². The van der Waals surface area contributed by atoms with Crippen molar-refractivity contribution in [2.24, 2.45) is 5.92 Å². The van der Waals surface area contributed by atoms with Gasteiger partial charge in [0, 0.05) is 12.8 Å². The number of ether oxygens (including phenoxy) is 3. The van der Waals surface area contributed by atoms with Crippen molar-refractivity contribution in [1.29, 1.82) is 0 Å². The molecular weight excluding hydrogens is 236 g/mol. The van der Waals surface area contributed by atoms with Crippen molar-refractivity contribution in [3.8, 4) is 0 Å². The molecule has 0 amide bonds. The summed E-state index contributed by atoms with van der Waals surface area (Å²) in [4.78, 5) is 22.4. The quantitative estimate of drug-likeness (QED) is 0.573. The van der Waals surface area contributed by atoms with Crippen molar-refractivity contribution >= 4 is 12.1 Å². The minimum absolute atomic E-state index is 0.0589. The summed E-state index contributed by atoms with van der Waals surface area (Å²) in [6.45, 7) is 4.90. The van der Waals surface area contributed by atoms with Crippen LogP contribution in [-0.2, 0) is 19.0 Å². The van der Waals surface area contributed by atoms with Crippen LogP contribution in [-0.4, -0.2) is 24.5 Å². The zero-order chi connectivity index (χ0) is 13.5. The summed E-state index contributed by atoms with van der Waals surface area (Å²) in [6.07, 6.45) is 3.43. The Kier molecular flexibility index (Phi) is 5.95. The van der Waals surface area contributed by atoms with Gasteiger partial charge in [0.1, 0.15) is 6.10 Å². The van der Waals surface area contributed by atoms with Gasteiger partial charge in [0.05, 0.1) is 0 Å². The van der Waals surface area contributed by atoms with Gasteiger partial charge in [0.25, 0.3) is 6.29 Å². The monoisotopic (exact) mass is 258 g/mol. The minimum Gasteiger partial charge on any atom is -0.431 e. The molecule has 0 radical (unpaired) electrons. The van der Waals surface area contributed by atoms with Crippen LogP contribution in [0, 0.1) is 5.92 Å².